The monoisotopic (exact) mass is 332 g/mol. The summed E-state index contributed by atoms with van der Waals surface area (Å²) in [7, 11) is 0. The van der Waals surface area contributed by atoms with Gasteiger partial charge < -0.3 is 0 Å². The van der Waals surface area contributed by atoms with Crippen molar-refractivity contribution in [1.82, 2.24) is 0 Å². The van der Waals surface area contributed by atoms with Crippen molar-refractivity contribution >= 4 is 5.78 Å². The molecule has 2 aromatic carbocycles. The number of hydrogen-bond acceptors (Lipinski definition) is 1. The number of benzene rings is 2. The lowest BCUT2D eigenvalue weighted by Gasteiger charge is -2.29. The molecule has 0 heterocycles. The maximum atomic E-state index is 12.9. The van der Waals surface area contributed by atoms with Crippen LogP contribution in [0.1, 0.15) is 80.3 Å². The Morgan fingerprint density at radius 3 is 2.36 bits per heavy atom. The second-order valence-electron chi connectivity index (χ2n) is 7.87. The first-order valence-corrected chi connectivity index (χ1v) is 9.97. The first-order valence-electron chi connectivity index (χ1n) is 9.97. The molecule has 0 radical (unpaired) electrons. The van der Waals surface area contributed by atoms with Crippen LogP contribution in [0.4, 0.5) is 0 Å². The molecule has 0 spiro atoms. The molecule has 0 bridgehead atoms. The van der Waals surface area contributed by atoms with Gasteiger partial charge in [0.25, 0.3) is 0 Å². The van der Waals surface area contributed by atoms with Crippen LogP contribution < -0.4 is 0 Å². The van der Waals surface area contributed by atoms with Gasteiger partial charge in [-0.3, -0.25) is 4.79 Å². The van der Waals surface area contributed by atoms with Crippen molar-refractivity contribution in [3.63, 3.8) is 0 Å². The number of Topliss-reactive ketones (excluding diaryl/α,β-unsaturated/α-hetero) is 1. The molecule has 1 saturated carbocycles. The molecule has 2 aliphatic rings. The summed E-state index contributed by atoms with van der Waals surface area (Å²) in [6.07, 6.45) is 7.95. The zero-order valence-corrected chi connectivity index (χ0v) is 15.5. The summed E-state index contributed by atoms with van der Waals surface area (Å²) in [5.74, 6) is 0.951. The smallest absolute Gasteiger partial charge is 0.163 e. The minimum atomic E-state index is 0.0651. The maximum Gasteiger partial charge on any atom is 0.163 e. The van der Waals surface area contributed by atoms with Gasteiger partial charge in [0.05, 0.1) is 0 Å². The lowest BCUT2D eigenvalue weighted by Crippen LogP contribution is -2.23. The predicted octanol–water partition coefficient (Wildman–Crippen LogP) is 6.54. The van der Waals surface area contributed by atoms with Crippen LogP contribution in [0.5, 0.6) is 0 Å². The quantitative estimate of drug-likeness (QED) is 0.568. The molecule has 1 fully saturated rings. The van der Waals surface area contributed by atoms with Crippen molar-refractivity contribution in [3.8, 4) is 11.1 Å². The summed E-state index contributed by atoms with van der Waals surface area (Å²) < 4.78 is 0. The van der Waals surface area contributed by atoms with Gasteiger partial charge >= 0.3 is 0 Å². The fraction of sp³-hybridized carbons (Fsp3) is 0.458. The zero-order chi connectivity index (χ0) is 17.4. The Kier molecular flexibility index (Phi) is 4.27. The molecule has 25 heavy (non-hydrogen) atoms. The number of fused-ring (bicyclic) bond motifs is 3. The minimum Gasteiger partial charge on any atom is -0.294 e. The molecule has 0 aromatic heterocycles. The van der Waals surface area contributed by atoms with E-state index in [1.807, 2.05) is 0 Å². The van der Waals surface area contributed by atoms with Crippen molar-refractivity contribution in [1.29, 1.82) is 0 Å². The maximum absolute atomic E-state index is 12.9. The second-order valence-corrected chi connectivity index (χ2v) is 7.87. The third-order valence-electron chi connectivity index (χ3n) is 6.75. The van der Waals surface area contributed by atoms with Crippen LogP contribution in [0.15, 0.2) is 42.5 Å². The molecule has 4 rings (SSSR count). The lowest BCUT2D eigenvalue weighted by atomic mass is 9.73. The molecule has 0 aliphatic heterocycles. The lowest BCUT2D eigenvalue weighted by molar-refractivity contribution is 0.0962. The molecule has 0 atom stereocenters. The van der Waals surface area contributed by atoms with Crippen molar-refractivity contribution < 1.29 is 4.79 Å². The van der Waals surface area contributed by atoms with Crippen molar-refractivity contribution in [2.24, 2.45) is 5.92 Å². The van der Waals surface area contributed by atoms with Crippen molar-refractivity contribution in [2.45, 2.75) is 64.2 Å². The Balaban J connectivity index is 1.75. The highest BCUT2D eigenvalue weighted by Gasteiger charge is 2.40. The summed E-state index contributed by atoms with van der Waals surface area (Å²) >= 11 is 0. The van der Waals surface area contributed by atoms with Crippen LogP contribution in [0.3, 0.4) is 0 Å². The normalized spacial score (nSPS) is 18.2. The van der Waals surface area contributed by atoms with Crippen LogP contribution in [-0.4, -0.2) is 5.78 Å². The molecular weight excluding hydrogens is 304 g/mol. The van der Waals surface area contributed by atoms with Gasteiger partial charge in [-0.25, -0.2) is 0 Å². The fourth-order valence-electron chi connectivity index (χ4n) is 5.24. The average molecular weight is 332 g/mol. The number of hydrogen-bond donors (Lipinski definition) is 0. The molecule has 0 N–H and O–H groups in total. The Morgan fingerprint density at radius 2 is 1.64 bits per heavy atom. The summed E-state index contributed by atoms with van der Waals surface area (Å²) in [5.41, 5.74) is 6.49. The van der Waals surface area contributed by atoms with Gasteiger partial charge in [-0.1, -0.05) is 75.9 Å². The van der Waals surface area contributed by atoms with Crippen LogP contribution in [0.25, 0.3) is 11.1 Å². The SMILES string of the molecule is CCC1(CC)c2ccccc2-c2ccc(C(=O)CC3CCCC3)cc21. The van der Waals surface area contributed by atoms with E-state index >= 15 is 0 Å². The molecule has 0 unspecified atom stereocenters. The molecule has 1 nitrogen and oxygen atoms in total. The van der Waals surface area contributed by atoms with E-state index in [1.165, 1.54) is 47.9 Å². The molecule has 1 heteroatoms. The number of ketones is 1. The highest BCUT2D eigenvalue weighted by Crippen LogP contribution is 2.52. The van der Waals surface area contributed by atoms with Gasteiger partial charge in [0.1, 0.15) is 0 Å². The Hall–Kier alpha value is -1.89. The average Bonchev–Trinajstić information content (AvgIpc) is 3.25. The van der Waals surface area contributed by atoms with Crippen LogP contribution >= 0.6 is 0 Å². The van der Waals surface area contributed by atoms with E-state index in [1.54, 1.807) is 0 Å². The van der Waals surface area contributed by atoms with Gasteiger partial charge in [0, 0.05) is 17.4 Å². The summed E-state index contributed by atoms with van der Waals surface area (Å²) in [6, 6.07) is 15.3. The second kappa shape index (κ2) is 6.44. The van der Waals surface area contributed by atoms with E-state index in [4.69, 9.17) is 0 Å². The van der Waals surface area contributed by atoms with E-state index in [9.17, 15) is 4.79 Å². The van der Waals surface area contributed by atoms with E-state index in [2.05, 4.69) is 56.3 Å². The van der Waals surface area contributed by atoms with Crippen LogP contribution in [-0.2, 0) is 5.41 Å². The van der Waals surface area contributed by atoms with E-state index < -0.39 is 0 Å². The Bertz CT molecular complexity index is 791. The first-order chi connectivity index (χ1) is 12.2. The topological polar surface area (TPSA) is 17.1 Å². The standard InChI is InChI=1S/C24H28O/c1-3-24(4-2)21-12-8-7-11-19(21)20-14-13-18(16-22(20)24)23(25)15-17-9-5-6-10-17/h7-8,11-14,16-17H,3-6,9-10,15H2,1-2H3. The molecule has 0 saturated heterocycles. The fourth-order valence-corrected chi connectivity index (χ4v) is 5.24. The molecule has 0 amide bonds. The largest absolute Gasteiger partial charge is 0.294 e. The van der Waals surface area contributed by atoms with E-state index in [0.717, 1.165) is 24.8 Å². The van der Waals surface area contributed by atoms with Crippen LogP contribution in [0, 0.1) is 5.92 Å². The van der Waals surface area contributed by atoms with E-state index in [0.29, 0.717) is 11.7 Å². The van der Waals surface area contributed by atoms with Gasteiger partial charge in [-0.05, 0) is 47.1 Å². The molecule has 2 aliphatic carbocycles. The van der Waals surface area contributed by atoms with Crippen molar-refractivity contribution in [2.75, 3.05) is 0 Å². The highest BCUT2D eigenvalue weighted by atomic mass is 16.1. The third-order valence-corrected chi connectivity index (χ3v) is 6.75. The Labute approximate surface area is 151 Å². The van der Waals surface area contributed by atoms with Gasteiger partial charge in [-0.2, -0.15) is 0 Å². The highest BCUT2D eigenvalue weighted by molar-refractivity contribution is 5.98. The molecular formula is C24H28O. The van der Waals surface area contributed by atoms with Gasteiger partial charge in [0.15, 0.2) is 5.78 Å². The van der Waals surface area contributed by atoms with Gasteiger partial charge in [-0.15, -0.1) is 0 Å². The van der Waals surface area contributed by atoms with Gasteiger partial charge in [0.2, 0.25) is 0 Å². The minimum absolute atomic E-state index is 0.0651. The number of carbonyl (C=O) groups excluding carboxylic acids is 1. The summed E-state index contributed by atoms with van der Waals surface area (Å²) in [5, 5.41) is 0. The third kappa shape index (κ3) is 2.56. The van der Waals surface area contributed by atoms with E-state index in [-0.39, 0.29) is 5.41 Å². The van der Waals surface area contributed by atoms with Crippen LogP contribution in [0.2, 0.25) is 0 Å². The molecule has 2 aromatic rings. The first kappa shape index (κ1) is 16.6. The number of rotatable bonds is 5. The van der Waals surface area contributed by atoms with Crippen molar-refractivity contribution in [3.05, 3.63) is 59.2 Å². The Morgan fingerprint density at radius 1 is 0.960 bits per heavy atom. The molecule has 130 valence electrons. The predicted molar refractivity (Wildman–Crippen MR) is 104 cm³/mol. The summed E-state index contributed by atoms with van der Waals surface area (Å²) in [4.78, 5) is 12.9. The summed E-state index contributed by atoms with van der Waals surface area (Å²) in [6.45, 7) is 4.56. The number of carbonyl (C=O) groups is 1. The zero-order valence-electron chi connectivity index (χ0n) is 15.5.